The van der Waals surface area contributed by atoms with E-state index in [1.807, 2.05) is 0 Å². The quantitative estimate of drug-likeness (QED) is 0.200. The molecule has 0 bridgehead atoms. The number of nitro groups is 1. The molecular formula is C13H13NO5. The van der Waals surface area contributed by atoms with Crippen molar-refractivity contribution in [3.8, 4) is 0 Å². The van der Waals surface area contributed by atoms with E-state index in [2.05, 4.69) is 4.74 Å². The second-order valence-electron chi connectivity index (χ2n) is 3.79. The highest BCUT2D eigenvalue weighted by Crippen LogP contribution is 2.12. The number of ether oxygens (including phenoxy) is 1. The molecule has 19 heavy (non-hydrogen) atoms. The van der Waals surface area contributed by atoms with Gasteiger partial charge in [0, 0.05) is 11.8 Å². The van der Waals surface area contributed by atoms with Crippen LogP contribution < -0.4 is 0 Å². The molecule has 0 fully saturated rings. The van der Waals surface area contributed by atoms with Crippen LogP contribution in [0.4, 0.5) is 0 Å². The van der Waals surface area contributed by atoms with Crippen molar-refractivity contribution in [1.82, 2.24) is 0 Å². The number of ketones is 1. The molecule has 0 spiro atoms. The van der Waals surface area contributed by atoms with Gasteiger partial charge in [-0.15, -0.1) is 0 Å². The zero-order valence-electron chi connectivity index (χ0n) is 10.5. The minimum Gasteiger partial charge on any atom is -0.465 e. The third kappa shape index (κ3) is 3.74. The van der Waals surface area contributed by atoms with E-state index < -0.39 is 22.7 Å². The molecule has 100 valence electrons. The smallest absolute Gasteiger partial charge is 0.341 e. The molecule has 6 heteroatoms. The summed E-state index contributed by atoms with van der Waals surface area (Å²) in [4.78, 5) is 33.3. The number of Topliss-reactive ketones (excluding diaryl/α,β-unsaturated/α-hetero) is 1. The Morgan fingerprint density at radius 3 is 2.37 bits per heavy atom. The second-order valence-corrected chi connectivity index (χ2v) is 3.79. The van der Waals surface area contributed by atoms with E-state index in [0.717, 1.165) is 14.0 Å². The molecule has 6 nitrogen and oxygen atoms in total. The monoisotopic (exact) mass is 263 g/mol. The Morgan fingerprint density at radius 2 is 1.89 bits per heavy atom. The van der Waals surface area contributed by atoms with E-state index in [0.29, 0.717) is 5.56 Å². The molecule has 0 aliphatic rings. The van der Waals surface area contributed by atoms with Gasteiger partial charge in [-0.2, -0.15) is 0 Å². The van der Waals surface area contributed by atoms with E-state index in [-0.39, 0.29) is 5.57 Å². The summed E-state index contributed by atoms with van der Waals surface area (Å²) in [6.45, 7) is 1.13. The van der Waals surface area contributed by atoms with E-state index in [4.69, 9.17) is 0 Å². The third-order valence-electron chi connectivity index (χ3n) is 2.48. The minimum absolute atomic E-state index is 0.335. The van der Waals surface area contributed by atoms with Crippen LogP contribution in [0.25, 0.3) is 6.08 Å². The van der Waals surface area contributed by atoms with Gasteiger partial charge in [0.1, 0.15) is 5.57 Å². The average molecular weight is 263 g/mol. The van der Waals surface area contributed by atoms with Crippen molar-refractivity contribution in [1.29, 1.82) is 0 Å². The van der Waals surface area contributed by atoms with Gasteiger partial charge in [0.05, 0.1) is 7.11 Å². The van der Waals surface area contributed by atoms with Gasteiger partial charge in [-0.25, -0.2) is 4.79 Å². The fourth-order valence-electron chi connectivity index (χ4n) is 1.38. The lowest BCUT2D eigenvalue weighted by Gasteiger charge is -2.06. The zero-order valence-corrected chi connectivity index (χ0v) is 10.5. The maximum absolute atomic E-state index is 11.9. The second kappa shape index (κ2) is 6.44. The molecule has 0 amide bonds. The first-order chi connectivity index (χ1) is 8.97. The summed E-state index contributed by atoms with van der Waals surface area (Å²) in [6, 6.07) is 7.08. The molecule has 1 aromatic rings. The van der Waals surface area contributed by atoms with Gasteiger partial charge in [-0.1, -0.05) is 30.3 Å². The van der Waals surface area contributed by atoms with E-state index in [9.17, 15) is 19.7 Å². The summed E-state index contributed by atoms with van der Waals surface area (Å²) in [5.74, 6) is -1.76. The number of carbonyl (C=O) groups excluding carboxylic acids is 2. The van der Waals surface area contributed by atoms with Crippen LogP contribution in [0.1, 0.15) is 12.5 Å². The Kier molecular flexibility index (Phi) is 4.93. The third-order valence-corrected chi connectivity index (χ3v) is 2.48. The average Bonchev–Trinajstić information content (AvgIpc) is 2.43. The van der Waals surface area contributed by atoms with Crippen LogP contribution in [-0.2, 0) is 14.3 Å². The number of rotatable bonds is 5. The summed E-state index contributed by atoms with van der Waals surface area (Å²) in [6.07, 6.45) is 1.29. The lowest BCUT2D eigenvalue weighted by atomic mass is 10.0. The number of nitrogens with zero attached hydrogens (tertiary/aromatic N) is 1. The van der Waals surface area contributed by atoms with Crippen molar-refractivity contribution in [2.75, 3.05) is 7.11 Å². The van der Waals surface area contributed by atoms with E-state index in [1.54, 1.807) is 30.3 Å². The molecular weight excluding hydrogens is 250 g/mol. The fourth-order valence-corrected chi connectivity index (χ4v) is 1.38. The number of hydrogen-bond donors (Lipinski definition) is 0. The van der Waals surface area contributed by atoms with Gasteiger partial charge in [0.15, 0.2) is 0 Å². The molecule has 0 saturated carbocycles. The Balaban J connectivity index is 3.16. The van der Waals surface area contributed by atoms with Crippen LogP contribution in [0.5, 0.6) is 0 Å². The van der Waals surface area contributed by atoms with Gasteiger partial charge in [0.25, 0.3) is 6.04 Å². The van der Waals surface area contributed by atoms with Crippen molar-refractivity contribution >= 4 is 17.8 Å². The van der Waals surface area contributed by atoms with Crippen LogP contribution in [0.3, 0.4) is 0 Å². The predicted molar refractivity (Wildman–Crippen MR) is 67.9 cm³/mol. The van der Waals surface area contributed by atoms with Crippen molar-refractivity contribution in [2.45, 2.75) is 13.0 Å². The molecule has 0 saturated heterocycles. The molecule has 1 rings (SSSR count). The van der Waals surface area contributed by atoms with Crippen molar-refractivity contribution in [3.05, 3.63) is 51.6 Å². The van der Waals surface area contributed by atoms with Crippen molar-refractivity contribution in [3.63, 3.8) is 0 Å². The summed E-state index contributed by atoms with van der Waals surface area (Å²) in [5.41, 5.74) is 0.254. The van der Waals surface area contributed by atoms with E-state index >= 15 is 0 Å². The van der Waals surface area contributed by atoms with Crippen molar-refractivity contribution in [2.24, 2.45) is 0 Å². The highest BCUT2D eigenvalue weighted by Gasteiger charge is 2.31. The summed E-state index contributed by atoms with van der Waals surface area (Å²) >= 11 is 0. The van der Waals surface area contributed by atoms with Crippen LogP contribution in [0.15, 0.2) is 35.9 Å². The normalized spacial score (nSPS) is 12.6. The lowest BCUT2D eigenvalue weighted by molar-refractivity contribution is -0.502. The minimum atomic E-state index is -1.49. The molecule has 0 N–H and O–H groups in total. The molecule has 0 aliphatic carbocycles. The Bertz CT molecular complexity index is 521. The largest absolute Gasteiger partial charge is 0.465 e. The lowest BCUT2D eigenvalue weighted by Crippen LogP contribution is -2.30. The van der Waals surface area contributed by atoms with Crippen LogP contribution >= 0.6 is 0 Å². The molecule has 1 unspecified atom stereocenters. The molecule has 0 radical (unpaired) electrons. The molecule has 0 heterocycles. The van der Waals surface area contributed by atoms with E-state index in [1.165, 1.54) is 6.08 Å². The van der Waals surface area contributed by atoms with Gasteiger partial charge >= 0.3 is 5.97 Å². The maximum atomic E-state index is 11.9. The predicted octanol–water partition coefficient (Wildman–Crippen LogP) is 1.48. The van der Waals surface area contributed by atoms with Gasteiger partial charge in [-0.05, 0) is 11.6 Å². The topological polar surface area (TPSA) is 86.5 Å². The molecule has 1 atom stereocenters. The van der Waals surface area contributed by atoms with Gasteiger partial charge < -0.3 is 4.74 Å². The number of methoxy groups -OCH3 is 1. The first kappa shape index (κ1) is 14.6. The van der Waals surface area contributed by atoms with Crippen LogP contribution in [0, 0.1) is 10.1 Å². The Morgan fingerprint density at radius 1 is 1.32 bits per heavy atom. The molecule has 1 aromatic carbocycles. The highest BCUT2D eigenvalue weighted by atomic mass is 16.6. The highest BCUT2D eigenvalue weighted by molar-refractivity contribution is 6.21. The zero-order chi connectivity index (χ0) is 14.4. The summed E-state index contributed by atoms with van der Waals surface area (Å²) in [7, 11) is 1.12. The van der Waals surface area contributed by atoms with Crippen LogP contribution in [-0.4, -0.2) is 29.8 Å². The molecule has 0 aromatic heterocycles. The number of carbonyl (C=O) groups is 2. The Labute approximate surface area is 109 Å². The first-order valence-corrected chi connectivity index (χ1v) is 5.50. The fraction of sp³-hybridized carbons (Fsp3) is 0.231. The van der Waals surface area contributed by atoms with Crippen LogP contribution in [0.2, 0.25) is 0 Å². The SMILES string of the molecule is COC(=O)C(=Cc1ccccc1)C(=O)C(C)[N+](=O)[O-]. The van der Waals surface area contributed by atoms with Gasteiger partial charge in [-0.3, -0.25) is 14.9 Å². The van der Waals surface area contributed by atoms with Gasteiger partial charge in [0.2, 0.25) is 5.78 Å². The molecule has 0 aliphatic heterocycles. The number of benzene rings is 1. The number of esters is 1. The summed E-state index contributed by atoms with van der Waals surface area (Å²) < 4.78 is 4.48. The first-order valence-electron chi connectivity index (χ1n) is 5.50. The number of hydrogen-bond acceptors (Lipinski definition) is 5. The Hall–Kier alpha value is -2.50. The standard InChI is InChI=1S/C13H13NO5/c1-9(14(17)18)12(15)11(13(16)19-2)8-10-6-4-3-5-7-10/h3-9H,1-2H3. The summed E-state index contributed by atoms with van der Waals surface area (Å²) in [5, 5.41) is 10.6. The maximum Gasteiger partial charge on any atom is 0.341 e. The van der Waals surface area contributed by atoms with Crippen molar-refractivity contribution < 1.29 is 19.2 Å².